The number of carbonyl (C=O) groups is 1. The van der Waals surface area contributed by atoms with E-state index in [2.05, 4.69) is 5.10 Å². The summed E-state index contributed by atoms with van der Waals surface area (Å²) >= 11 is 2.03. The molecule has 0 aliphatic carbocycles. The van der Waals surface area contributed by atoms with E-state index < -0.39 is 16.0 Å². The van der Waals surface area contributed by atoms with Crippen molar-refractivity contribution < 1.29 is 18.3 Å². The quantitative estimate of drug-likeness (QED) is 0.750. The van der Waals surface area contributed by atoms with Gasteiger partial charge in [0.05, 0.1) is 25.9 Å². The minimum Gasteiger partial charge on any atom is -0.478 e. The third-order valence-electron chi connectivity index (χ3n) is 2.32. The average Bonchev–Trinajstić information content (AvgIpc) is 2.73. The maximum absolute atomic E-state index is 11.2. The first-order valence-electron chi connectivity index (χ1n) is 4.90. The summed E-state index contributed by atoms with van der Waals surface area (Å²) in [4.78, 5) is 10.9. The van der Waals surface area contributed by atoms with Gasteiger partial charge in [0, 0.05) is 6.20 Å². The molecule has 0 saturated heterocycles. The van der Waals surface area contributed by atoms with Crippen molar-refractivity contribution in [1.29, 1.82) is 0 Å². The van der Waals surface area contributed by atoms with Crippen LogP contribution in [-0.2, 0) is 10.0 Å². The molecule has 0 fully saturated rings. The summed E-state index contributed by atoms with van der Waals surface area (Å²) in [7, 11) is -3.95. The number of benzene rings is 1. The lowest BCUT2D eigenvalue weighted by molar-refractivity contribution is 0.0696. The van der Waals surface area contributed by atoms with E-state index in [9.17, 15) is 13.2 Å². The lowest BCUT2D eigenvalue weighted by Gasteiger charge is -2.07. The molecule has 1 aromatic carbocycles. The van der Waals surface area contributed by atoms with Gasteiger partial charge in [-0.2, -0.15) is 5.10 Å². The summed E-state index contributed by atoms with van der Waals surface area (Å²) in [6.07, 6.45) is 3.18. The number of carboxylic acid groups (broad SMARTS) is 1. The van der Waals surface area contributed by atoms with Crippen molar-refractivity contribution in [3.8, 4) is 5.69 Å². The van der Waals surface area contributed by atoms with E-state index in [0.717, 1.165) is 9.64 Å². The van der Waals surface area contributed by atoms with Crippen LogP contribution < -0.4 is 5.14 Å². The van der Waals surface area contributed by atoms with Crippen LogP contribution in [0.3, 0.4) is 0 Å². The van der Waals surface area contributed by atoms with Gasteiger partial charge in [0.2, 0.25) is 10.0 Å². The zero-order valence-corrected chi connectivity index (χ0v) is 12.3. The number of primary sulfonamides is 1. The number of aromatic nitrogens is 2. The van der Waals surface area contributed by atoms with Gasteiger partial charge < -0.3 is 5.11 Å². The molecule has 0 saturated carbocycles. The van der Waals surface area contributed by atoms with Gasteiger partial charge in [-0.3, -0.25) is 0 Å². The normalized spacial score (nSPS) is 11.5. The molecule has 0 aliphatic rings. The van der Waals surface area contributed by atoms with Crippen molar-refractivity contribution >= 4 is 38.6 Å². The fourth-order valence-electron chi connectivity index (χ4n) is 1.50. The van der Waals surface area contributed by atoms with Crippen LogP contribution >= 0.6 is 22.6 Å². The Morgan fingerprint density at radius 3 is 2.58 bits per heavy atom. The molecule has 0 unspecified atom stereocenters. The number of rotatable bonds is 3. The van der Waals surface area contributed by atoms with E-state index in [1.54, 1.807) is 12.4 Å². The van der Waals surface area contributed by atoms with E-state index >= 15 is 0 Å². The first-order valence-corrected chi connectivity index (χ1v) is 7.52. The number of hydrogen-bond donors (Lipinski definition) is 2. The fourth-order valence-corrected chi connectivity index (χ4v) is 2.42. The Morgan fingerprint density at radius 1 is 1.42 bits per heavy atom. The second-order valence-electron chi connectivity index (χ2n) is 3.63. The summed E-state index contributed by atoms with van der Waals surface area (Å²) in [6.45, 7) is 0. The third-order valence-corrected chi connectivity index (χ3v) is 3.79. The highest BCUT2D eigenvalue weighted by molar-refractivity contribution is 14.1. The predicted octanol–water partition coefficient (Wildman–Crippen LogP) is 0.823. The first kappa shape index (κ1) is 14.0. The smallest absolute Gasteiger partial charge is 0.337 e. The van der Waals surface area contributed by atoms with Crippen LogP contribution in [0.2, 0.25) is 0 Å². The van der Waals surface area contributed by atoms with Gasteiger partial charge in [-0.25, -0.2) is 23.0 Å². The Hall–Kier alpha value is -1.46. The van der Waals surface area contributed by atoms with E-state index in [-0.39, 0.29) is 16.1 Å². The summed E-state index contributed by atoms with van der Waals surface area (Å²) in [5, 5.41) is 18.1. The number of nitrogens with two attached hydrogens (primary N) is 1. The van der Waals surface area contributed by atoms with Crippen LogP contribution in [0.1, 0.15) is 10.4 Å². The number of aromatic carboxylic acids is 1. The molecule has 2 rings (SSSR count). The van der Waals surface area contributed by atoms with Crippen molar-refractivity contribution in [2.24, 2.45) is 5.14 Å². The average molecular weight is 393 g/mol. The highest BCUT2D eigenvalue weighted by Crippen LogP contribution is 2.19. The number of carboxylic acids is 1. The molecule has 0 amide bonds. The molecule has 7 nitrogen and oxygen atoms in total. The number of sulfonamides is 1. The summed E-state index contributed by atoms with van der Waals surface area (Å²) in [5.74, 6) is -1.26. The van der Waals surface area contributed by atoms with Gasteiger partial charge >= 0.3 is 5.97 Å². The third kappa shape index (κ3) is 2.93. The molecule has 1 heterocycles. The molecule has 3 N–H and O–H groups in total. The Labute approximate surface area is 122 Å². The Kier molecular flexibility index (Phi) is 3.60. The second-order valence-corrected chi connectivity index (χ2v) is 6.44. The standard InChI is InChI=1S/C10H8IN3O4S/c11-6-4-13-14(5-6)9-2-1-7(19(12,17)18)3-8(9)10(15)16/h1-5H,(H,15,16)(H2,12,17,18). The number of hydrogen-bond acceptors (Lipinski definition) is 4. The Balaban J connectivity index is 2.66. The molecule has 19 heavy (non-hydrogen) atoms. The van der Waals surface area contributed by atoms with E-state index in [1.165, 1.54) is 16.8 Å². The molecule has 9 heteroatoms. The Morgan fingerprint density at radius 2 is 2.11 bits per heavy atom. The summed E-state index contributed by atoms with van der Waals surface area (Å²) in [5.41, 5.74) is 0.0776. The zero-order valence-electron chi connectivity index (χ0n) is 9.32. The highest BCUT2D eigenvalue weighted by atomic mass is 127. The van der Waals surface area contributed by atoms with Gasteiger partial charge in [0.25, 0.3) is 0 Å². The minimum atomic E-state index is -3.95. The fraction of sp³-hybridized carbons (Fsp3) is 0. The molecule has 0 spiro atoms. The molecule has 0 bridgehead atoms. The zero-order chi connectivity index (χ0) is 14.2. The van der Waals surface area contributed by atoms with Crippen molar-refractivity contribution in [3.05, 3.63) is 39.7 Å². The van der Waals surface area contributed by atoms with Gasteiger partial charge in [-0.15, -0.1) is 0 Å². The number of nitrogens with zero attached hydrogens (tertiary/aromatic N) is 2. The van der Waals surface area contributed by atoms with Crippen molar-refractivity contribution in [1.82, 2.24) is 9.78 Å². The molecule has 0 radical (unpaired) electrons. The molecule has 2 aromatic rings. The van der Waals surface area contributed by atoms with Crippen LogP contribution in [0.15, 0.2) is 35.5 Å². The van der Waals surface area contributed by atoms with Crippen LogP contribution in [0, 0.1) is 3.57 Å². The van der Waals surface area contributed by atoms with Crippen molar-refractivity contribution in [2.45, 2.75) is 4.90 Å². The molecule has 0 atom stereocenters. The lowest BCUT2D eigenvalue weighted by atomic mass is 10.2. The molecule has 1 aromatic heterocycles. The second kappa shape index (κ2) is 4.90. The van der Waals surface area contributed by atoms with E-state index in [1.807, 2.05) is 22.6 Å². The molecular weight excluding hydrogens is 385 g/mol. The molecule has 100 valence electrons. The van der Waals surface area contributed by atoms with Crippen LogP contribution in [-0.4, -0.2) is 29.3 Å². The van der Waals surface area contributed by atoms with Gasteiger partial charge in [0.1, 0.15) is 0 Å². The van der Waals surface area contributed by atoms with Crippen LogP contribution in [0.25, 0.3) is 5.69 Å². The minimum absolute atomic E-state index is 0.189. The monoisotopic (exact) mass is 393 g/mol. The maximum Gasteiger partial charge on any atom is 0.337 e. The predicted molar refractivity (Wildman–Crippen MR) is 74.6 cm³/mol. The SMILES string of the molecule is NS(=O)(=O)c1ccc(-n2cc(I)cn2)c(C(=O)O)c1. The van der Waals surface area contributed by atoms with Gasteiger partial charge in [-0.1, -0.05) is 0 Å². The molecule has 0 aliphatic heterocycles. The molecular formula is C10H8IN3O4S. The van der Waals surface area contributed by atoms with Crippen LogP contribution in [0.5, 0.6) is 0 Å². The topological polar surface area (TPSA) is 115 Å². The van der Waals surface area contributed by atoms with Crippen molar-refractivity contribution in [2.75, 3.05) is 0 Å². The largest absolute Gasteiger partial charge is 0.478 e. The lowest BCUT2D eigenvalue weighted by Crippen LogP contribution is -2.14. The summed E-state index contributed by atoms with van der Waals surface area (Å²) < 4.78 is 24.6. The van der Waals surface area contributed by atoms with E-state index in [4.69, 9.17) is 10.2 Å². The Bertz CT molecular complexity index is 754. The van der Waals surface area contributed by atoms with Gasteiger partial charge in [-0.05, 0) is 40.8 Å². The van der Waals surface area contributed by atoms with Gasteiger partial charge in [0.15, 0.2) is 0 Å². The van der Waals surface area contributed by atoms with Crippen LogP contribution in [0.4, 0.5) is 0 Å². The maximum atomic E-state index is 11.2. The first-order chi connectivity index (χ1) is 8.79. The summed E-state index contributed by atoms with van der Waals surface area (Å²) in [6, 6.07) is 3.61. The van der Waals surface area contributed by atoms with Crippen molar-refractivity contribution in [3.63, 3.8) is 0 Å². The van der Waals surface area contributed by atoms with E-state index in [0.29, 0.717) is 0 Å². The number of halogens is 1. The highest BCUT2D eigenvalue weighted by Gasteiger charge is 2.17.